The van der Waals surface area contributed by atoms with Crippen molar-refractivity contribution in [3.63, 3.8) is 0 Å². The first-order chi connectivity index (χ1) is 13.5. The van der Waals surface area contributed by atoms with Gasteiger partial charge < -0.3 is 21.5 Å². The van der Waals surface area contributed by atoms with Gasteiger partial charge in [0.1, 0.15) is 11.6 Å². The second-order valence-electron chi connectivity index (χ2n) is 7.51. The van der Waals surface area contributed by atoms with Gasteiger partial charge in [0.25, 0.3) is 0 Å². The monoisotopic (exact) mass is 380 g/mol. The van der Waals surface area contributed by atoms with E-state index in [1.807, 2.05) is 44.3 Å². The first-order valence-corrected chi connectivity index (χ1v) is 9.96. The molecule has 1 aliphatic rings. The summed E-state index contributed by atoms with van der Waals surface area (Å²) >= 11 is 0. The number of hydrogen-bond acceptors (Lipinski definition) is 6. The van der Waals surface area contributed by atoms with E-state index in [2.05, 4.69) is 10.4 Å². The van der Waals surface area contributed by atoms with Crippen molar-refractivity contribution in [1.29, 1.82) is 0 Å². The van der Waals surface area contributed by atoms with E-state index in [0.29, 0.717) is 24.4 Å². The third-order valence-electron chi connectivity index (χ3n) is 5.53. The minimum absolute atomic E-state index is 0.321. The summed E-state index contributed by atoms with van der Waals surface area (Å²) in [5.41, 5.74) is 16.8. The number of rotatable bonds is 5. The highest BCUT2D eigenvalue weighted by Gasteiger charge is 2.23. The lowest BCUT2D eigenvalue weighted by Crippen LogP contribution is -2.25. The molecule has 1 aromatic carbocycles. The van der Waals surface area contributed by atoms with Crippen LogP contribution in [0.3, 0.4) is 0 Å². The Morgan fingerprint density at radius 2 is 1.89 bits per heavy atom. The molecule has 0 saturated heterocycles. The minimum atomic E-state index is 0.321. The van der Waals surface area contributed by atoms with Gasteiger partial charge in [-0.25, -0.2) is 9.50 Å². The standard InChI is InChI=1S/C21H28N6O/c1-3-28-17-10-8-16(9-11-17)24-19-13(2)20(23)26-27-12-18(25-21(19)27)14-4-6-15(22)7-5-14/h8-12,14-15,24H,3-7,22H2,1-2H3,(H2,23,26). The van der Waals surface area contributed by atoms with Crippen molar-refractivity contribution in [2.75, 3.05) is 17.7 Å². The van der Waals surface area contributed by atoms with Crippen LogP contribution in [0.5, 0.6) is 5.75 Å². The Bertz CT molecular complexity index is 957. The first-order valence-electron chi connectivity index (χ1n) is 9.96. The zero-order valence-electron chi connectivity index (χ0n) is 16.5. The molecule has 0 atom stereocenters. The number of nitrogen functional groups attached to an aromatic ring is 1. The molecular formula is C21H28N6O. The number of ether oxygens (including phenoxy) is 1. The highest BCUT2D eigenvalue weighted by Crippen LogP contribution is 2.34. The van der Waals surface area contributed by atoms with Gasteiger partial charge in [0.15, 0.2) is 5.65 Å². The molecule has 4 rings (SSSR count). The van der Waals surface area contributed by atoms with E-state index in [0.717, 1.165) is 59.7 Å². The van der Waals surface area contributed by atoms with Crippen LogP contribution in [0.25, 0.3) is 5.65 Å². The van der Waals surface area contributed by atoms with E-state index in [4.69, 9.17) is 21.2 Å². The number of benzene rings is 1. The SMILES string of the molecule is CCOc1ccc(Nc2c(C)c(N)nn3cc(C4CCC(N)CC4)nc23)cc1. The number of nitrogens with zero attached hydrogens (tertiary/aromatic N) is 3. The average Bonchev–Trinajstić information content (AvgIpc) is 3.11. The number of anilines is 3. The van der Waals surface area contributed by atoms with Crippen molar-refractivity contribution in [2.45, 2.75) is 51.5 Å². The molecule has 1 fully saturated rings. The molecule has 0 bridgehead atoms. The van der Waals surface area contributed by atoms with Crippen molar-refractivity contribution in [2.24, 2.45) is 5.73 Å². The molecule has 0 aliphatic heterocycles. The molecule has 7 nitrogen and oxygen atoms in total. The van der Waals surface area contributed by atoms with Crippen LogP contribution in [-0.2, 0) is 0 Å². The van der Waals surface area contributed by atoms with Crippen molar-refractivity contribution in [3.05, 3.63) is 41.7 Å². The maximum atomic E-state index is 6.17. The van der Waals surface area contributed by atoms with Crippen LogP contribution in [0.15, 0.2) is 30.5 Å². The summed E-state index contributed by atoms with van der Waals surface area (Å²) in [7, 11) is 0. The highest BCUT2D eigenvalue weighted by molar-refractivity contribution is 5.80. The summed E-state index contributed by atoms with van der Waals surface area (Å²) < 4.78 is 7.31. The Kier molecular flexibility index (Phi) is 5.09. The highest BCUT2D eigenvalue weighted by atomic mass is 16.5. The minimum Gasteiger partial charge on any atom is -0.494 e. The van der Waals surface area contributed by atoms with Gasteiger partial charge in [-0.05, 0) is 63.8 Å². The summed E-state index contributed by atoms with van der Waals surface area (Å²) in [6, 6.07) is 8.20. The third-order valence-corrected chi connectivity index (χ3v) is 5.53. The lowest BCUT2D eigenvalue weighted by atomic mass is 9.85. The Morgan fingerprint density at radius 1 is 1.18 bits per heavy atom. The van der Waals surface area contributed by atoms with Crippen molar-refractivity contribution >= 4 is 22.8 Å². The number of fused-ring (bicyclic) bond motifs is 1. The third kappa shape index (κ3) is 3.62. The van der Waals surface area contributed by atoms with E-state index in [1.165, 1.54) is 0 Å². The van der Waals surface area contributed by atoms with Crippen LogP contribution in [0.1, 0.15) is 49.8 Å². The van der Waals surface area contributed by atoms with Crippen LogP contribution in [0.2, 0.25) is 0 Å². The van der Waals surface area contributed by atoms with Crippen LogP contribution in [-0.4, -0.2) is 27.2 Å². The van der Waals surface area contributed by atoms with E-state index >= 15 is 0 Å². The lowest BCUT2D eigenvalue weighted by molar-refractivity contribution is 0.340. The van der Waals surface area contributed by atoms with Gasteiger partial charge in [-0.1, -0.05) is 0 Å². The van der Waals surface area contributed by atoms with Gasteiger partial charge in [0, 0.05) is 23.2 Å². The molecule has 0 unspecified atom stereocenters. The molecule has 148 valence electrons. The molecular weight excluding hydrogens is 352 g/mol. The zero-order chi connectivity index (χ0) is 19.7. The van der Waals surface area contributed by atoms with Crippen LogP contribution < -0.4 is 21.5 Å². The van der Waals surface area contributed by atoms with Crippen molar-refractivity contribution in [1.82, 2.24) is 14.6 Å². The molecule has 2 aromatic heterocycles. The Labute approximate surface area is 165 Å². The largest absolute Gasteiger partial charge is 0.494 e. The number of hydrogen-bond donors (Lipinski definition) is 3. The molecule has 1 aliphatic carbocycles. The summed E-state index contributed by atoms with van der Waals surface area (Å²) in [5, 5.41) is 7.96. The maximum Gasteiger partial charge on any atom is 0.177 e. The van der Waals surface area contributed by atoms with Gasteiger partial charge in [-0.3, -0.25) is 0 Å². The first kappa shape index (κ1) is 18.6. The number of aromatic nitrogens is 3. The Morgan fingerprint density at radius 3 is 2.57 bits per heavy atom. The molecule has 3 aromatic rings. The number of nitrogens with one attached hydrogen (secondary N) is 1. The molecule has 2 heterocycles. The summed E-state index contributed by atoms with van der Waals surface area (Å²) in [6.45, 7) is 4.59. The molecule has 1 saturated carbocycles. The lowest BCUT2D eigenvalue weighted by Gasteiger charge is -2.24. The molecule has 5 N–H and O–H groups in total. The summed E-state index contributed by atoms with van der Waals surface area (Å²) in [5.74, 6) is 1.78. The van der Waals surface area contributed by atoms with E-state index in [-0.39, 0.29) is 0 Å². The van der Waals surface area contributed by atoms with Crippen LogP contribution in [0, 0.1) is 6.92 Å². The summed E-state index contributed by atoms with van der Waals surface area (Å²) in [6.07, 6.45) is 6.24. The second kappa shape index (κ2) is 7.67. The molecule has 7 heteroatoms. The van der Waals surface area contributed by atoms with Gasteiger partial charge in [0.05, 0.1) is 24.2 Å². The molecule has 0 radical (unpaired) electrons. The van der Waals surface area contributed by atoms with Crippen molar-refractivity contribution < 1.29 is 4.74 Å². The Balaban J connectivity index is 1.67. The van der Waals surface area contributed by atoms with E-state index in [9.17, 15) is 0 Å². The van der Waals surface area contributed by atoms with Gasteiger partial charge in [0.2, 0.25) is 0 Å². The Hall–Kier alpha value is -2.80. The van der Waals surface area contributed by atoms with E-state index < -0.39 is 0 Å². The average molecular weight is 380 g/mol. The fourth-order valence-electron chi connectivity index (χ4n) is 3.83. The number of nitrogens with two attached hydrogens (primary N) is 2. The summed E-state index contributed by atoms with van der Waals surface area (Å²) in [4.78, 5) is 4.92. The maximum absolute atomic E-state index is 6.17. The fraction of sp³-hybridized carbons (Fsp3) is 0.429. The smallest absolute Gasteiger partial charge is 0.177 e. The van der Waals surface area contributed by atoms with Gasteiger partial charge in [-0.15, -0.1) is 5.10 Å². The quantitative estimate of drug-likeness (QED) is 0.623. The van der Waals surface area contributed by atoms with E-state index in [1.54, 1.807) is 4.52 Å². The molecule has 28 heavy (non-hydrogen) atoms. The van der Waals surface area contributed by atoms with Crippen LogP contribution in [0.4, 0.5) is 17.2 Å². The predicted molar refractivity (Wildman–Crippen MR) is 112 cm³/mol. The molecule has 0 spiro atoms. The van der Waals surface area contributed by atoms with Gasteiger partial charge in [-0.2, -0.15) is 0 Å². The topological polar surface area (TPSA) is 103 Å². The predicted octanol–water partition coefficient (Wildman–Crippen LogP) is 3.75. The fourth-order valence-corrected chi connectivity index (χ4v) is 3.83. The second-order valence-corrected chi connectivity index (χ2v) is 7.51. The van der Waals surface area contributed by atoms with Crippen molar-refractivity contribution in [3.8, 4) is 5.75 Å². The number of imidazole rings is 1. The normalized spacial score (nSPS) is 19.7. The zero-order valence-corrected chi connectivity index (χ0v) is 16.5. The van der Waals surface area contributed by atoms with Gasteiger partial charge >= 0.3 is 0 Å². The molecule has 0 amide bonds. The van der Waals surface area contributed by atoms with Crippen LogP contribution >= 0.6 is 0 Å².